The average Bonchev–Trinajstić information content (AvgIpc) is 2.38. The van der Waals surface area contributed by atoms with Gasteiger partial charge >= 0.3 is 0 Å². The SMILES string of the molecule is C=C([B]CC)c1ccc(CCC(C)CCN)c(C)n1. The molecule has 3 heteroatoms. The van der Waals surface area contributed by atoms with Crippen LogP contribution in [0.4, 0.5) is 0 Å². The molecule has 0 bridgehead atoms. The van der Waals surface area contributed by atoms with E-state index in [0.29, 0.717) is 5.92 Å². The normalized spacial score (nSPS) is 12.2. The number of hydrogen-bond donors (Lipinski definition) is 1. The summed E-state index contributed by atoms with van der Waals surface area (Å²) in [6.45, 7) is 11.3. The lowest BCUT2D eigenvalue weighted by Gasteiger charge is -2.12. The molecule has 1 radical (unpaired) electrons. The highest BCUT2D eigenvalue weighted by Gasteiger charge is 2.07. The van der Waals surface area contributed by atoms with Crippen LogP contribution >= 0.6 is 0 Å². The monoisotopic (exact) mass is 257 g/mol. The zero-order valence-electron chi connectivity index (χ0n) is 12.6. The van der Waals surface area contributed by atoms with Crippen LogP contribution in [0.15, 0.2) is 18.7 Å². The van der Waals surface area contributed by atoms with E-state index in [1.807, 2.05) is 0 Å². The molecule has 1 rings (SSSR count). The van der Waals surface area contributed by atoms with Gasteiger partial charge in [0, 0.05) is 5.69 Å². The Morgan fingerprint density at radius 2 is 2.16 bits per heavy atom. The molecule has 1 atom stereocenters. The van der Waals surface area contributed by atoms with Gasteiger partial charge in [-0.15, -0.1) is 6.58 Å². The molecular formula is C16H26BN2. The van der Waals surface area contributed by atoms with E-state index < -0.39 is 0 Å². The van der Waals surface area contributed by atoms with Crippen molar-refractivity contribution in [2.75, 3.05) is 6.54 Å². The quantitative estimate of drug-likeness (QED) is 0.725. The standard InChI is InChI=1S/C16H26BN2/c1-5-17-13(3)16-9-8-15(14(4)19-16)7-6-12(2)10-11-18/h8-9,12H,3,5-7,10-11,18H2,1-2,4H3. The maximum Gasteiger partial charge on any atom is 0.153 e. The number of nitrogens with two attached hydrogens (primary N) is 1. The van der Waals surface area contributed by atoms with Gasteiger partial charge in [0.1, 0.15) is 0 Å². The van der Waals surface area contributed by atoms with Gasteiger partial charge in [-0.3, -0.25) is 4.98 Å². The van der Waals surface area contributed by atoms with Gasteiger partial charge in [0.05, 0.1) is 5.69 Å². The van der Waals surface area contributed by atoms with Crippen molar-refractivity contribution in [1.29, 1.82) is 0 Å². The molecule has 1 aromatic heterocycles. The number of rotatable bonds is 8. The molecule has 1 heterocycles. The van der Waals surface area contributed by atoms with Crippen LogP contribution in [0.1, 0.15) is 43.6 Å². The number of aryl methyl sites for hydroxylation is 2. The Hall–Kier alpha value is -1.09. The highest BCUT2D eigenvalue weighted by atomic mass is 14.7. The predicted octanol–water partition coefficient (Wildman–Crippen LogP) is 3.42. The summed E-state index contributed by atoms with van der Waals surface area (Å²) >= 11 is 0. The highest BCUT2D eigenvalue weighted by molar-refractivity contribution is 6.60. The van der Waals surface area contributed by atoms with Crippen LogP contribution in [-0.2, 0) is 6.42 Å². The van der Waals surface area contributed by atoms with Crippen LogP contribution in [0, 0.1) is 12.8 Å². The zero-order valence-corrected chi connectivity index (χ0v) is 12.6. The number of hydrogen-bond acceptors (Lipinski definition) is 2. The van der Waals surface area contributed by atoms with Gasteiger partial charge in [-0.1, -0.05) is 31.7 Å². The molecule has 0 saturated carbocycles. The Kier molecular flexibility index (Phi) is 6.86. The van der Waals surface area contributed by atoms with E-state index >= 15 is 0 Å². The van der Waals surface area contributed by atoms with E-state index in [9.17, 15) is 0 Å². The molecule has 0 amide bonds. The van der Waals surface area contributed by atoms with Gasteiger partial charge in [0.2, 0.25) is 0 Å². The summed E-state index contributed by atoms with van der Waals surface area (Å²) in [6, 6.07) is 4.28. The van der Waals surface area contributed by atoms with Crippen molar-refractivity contribution < 1.29 is 0 Å². The summed E-state index contributed by atoms with van der Waals surface area (Å²) in [5.41, 5.74) is 10.1. The molecule has 1 unspecified atom stereocenters. The summed E-state index contributed by atoms with van der Waals surface area (Å²) < 4.78 is 0. The second-order valence-corrected chi connectivity index (χ2v) is 5.30. The maximum absolute atomic E-state index is 5.58. The van der Waals surface area contributed by atoms with E-state index in [1.54, 1.807) is 0 Å². The fourth-order valence-electron chi connectivity index (χ4n) is 2.21. The second kappa shape index (κ2) is 8.16. The Bertz CT molecular complexity index is 415. The molecule has 103 valence electrons. The molecule has 0 fully saturated rings. The Morgan fingerprint density at radius 1 is 1.42 bits per heavy atom. The second-order valence-electron chi connectivity index (χ2n) is 5.30. The van der Waals surface area contributed by atoms with Crippen molar-refractivity contribution in [2.45, 2.75) is 46.4 Å². The lowest BCUT2D eigenvalue weighted by molar-refractivity contribution is 0.499. The van der Waals surface area contributed by atoms with Crippen molar-refractivity contribution in [3.63, 3.8) is 0 Å². The zero-order chi connectivity index (χ0) is 14.3. The first-order valence-corrected chi connectivity index (χ1v) is 7.27. The van der Waals surface area contributed by atoms with Crippen molar-refractivity contribution in [1.82, 2.24) is 4.98 Å². The van der Waals surface area contributed by atoms with Crippen LogP contribution < -0.4 is 5.73 Å². The van der Waals surface area contributed by atoms with Gasteiger partial charge < -0.3 is 5.73 Å². The van der Waals surface area contributed by atoms with Crippen molar-refractivity contribution in [3.05, 3.63) is 35.7 Å². The maximum atomic E-state index is 5.58. The van der Waals surface area contributed by atoms with Crippen molar-refractivity contribution in [2.24, 2.45) is 11.7 Å². The Balaban J connectivity index is 2.64. The van der Waals surface area contributed by atoms with Crippen LogP contribution in [0.2, 0.25) is 6.32 Å². The molecule has 2 nitrogen and oxygen atoms in total. The van der Waals surface area contributed by atoms with Crippen molar-refractivity contribution in [3.8, 4) is 0 Å². The fourth-order valence-corrected chi connectivity index (χ4v) is 2.21. The summed E-state index contributed by atoms with van der Waals surface area (Å²) in [5, 5.41) is 0. The number of pyridine rings is 1. The van der Waals surface area contributed by atoms with Crippen LogP contribution in [0.5, 0.6) is 0 Å². The summed E-state index contributed by atoms with van der Waals surface area (Å²) in [6.07, 6.45) is 4.37. The molecule has 19 heavy (non-hydrogen) atoms. The molecular weight excluding hydrogens is 231 g/mol. The molecule has 0 spiro atoms. The van der Waals surface area contributed by atoms with E-state index in [2.05, 4.69) is 51.7 Å². The molecule has 0 aliphatic rings. The van der Waals surface area contributed by atoms with Gasteiger partial charge in [-0.2, -0.15) is 0 Å². The largest absolute Gasteiger partial charge is 0.330 e. The molecule has 2 N–H and O–H groups in total. The average molecular weight is 257 g/mol. The third-order valence-electron chi connectivity index (χ3n) is 3.54. The van der Waals surface area contributed by atoms with Gasteiger partial charge in [0.25, 0.3) is 0 Å². The van der Waals surface area contributed by atoms with Gasteiger partial charge in [-0.25, -0.2) is 0 Å². The van der Waals surface area contributed by atoms with Crippen LogP contribution in [-0.4, -0.2) is 18.8 Å². The van der Waals surface area contributed by atoms with E-state index in [-0.39, 0.29) is 0 Å². The lowest BCUT2D eigenvalue weighted by Crippen LogP contribution is -2.07. The van der Waals surface area contributed by atoms with E-state index in [1.165, 1.54) is 12.0 Å². The number of nitrogens with zero attached hydrogens (tertiary/aromatic N) is 1. The van der Waals surface area contributed by atoms with Crippen LogP contribution in [0.25, 0.3) is 5.47 Å². The van der Waals surface area contributed by atoms with Crippen molar-refractivity contribution >= 4 is 12.8 Å². The minimum Gasteiger partial charge on any atom is -0.330 e. The summed E-state index contributed by atoms with van der Waals surface area (Å²) in [5.74, 6) is 0.687. The minimum absolute atomic E-state index is 0.687. The molecule has 1 aromatic rings. The van der Waals surface area contributed by atoms with E-state index in [0.717, 1.165) is 42.6 Å². The smallest absolute Gasteiger partial charge is 0.153 e. The van der Waals surface area contributed by atoms with E-state index in [4.69, 9.17) is 5.73 Å². The Morgan fingerprint density at radius 3 is 2.74 bits per heavy atom. The molecule has 0 aliphatic carbocycles. The fraction of sp³-hybridized carbons (Fsp3) is 0.562. The van der Waals surface area contributed by atoms with Gasteiger partial charge in [-0.05, 0) is 50.3 Å². The first-order chi connectivity index (χ1) is 9.08. The number of aromatic nitrogens is 1. The molecule has 0 aromatic carbocycles. The third kappa shape index (κ3) is 5.19. The lowest BCUT2D eigenvalue weighted by atomic mass is 9.66. The predicted molar refractivity (Wildman–Crippen MR) is 85.4 cm³/mol. The van der Waals surface area contributed by atoms with Gasteiger partial charge in [0.15, 0.2) is 7.28 Å². The minimum atomic E-state index is 0.687. The first-order valence-electron chi connectivity index (χ1n) is 7.27. The van der Waals surface area contributed by atoms with Crippen LogP contribution in [0.3, 0.4) is 0 Å². The Labute approximate surface area is 118 Å². The third-order valence-corrected chi connectivity index (χ3v) is 3.54. The highest BCUT2D eigenvalue weighted by Crippen LogP contribution is 2.17. The first kappa shape index (κ1) is 16.0. The molecule has 0 saturated heterocycles. The topological polar surface area (TPSA) is 38.9 Å². The summed E-state index contributed by atoms with van der Waals surface area (Å²) in [4.78, 5) is 4.66. The summed E-state index contributed by atoms with van der Waals surface area (Å²) in [7, 11) is 2.12. The molecule has 0 aliphatic heterocycles.